The van der Waals surface area contributed by atoms with Crippen LogP contribution in [0, 0.1) is 0 Å². The zero-order chi connectivity index (χ0) is 2.00. The topological polar surface area (TPSA) is 0 Å². The molecule has 0 fully saturated rings. The Bertz CT molecular complexity index is 8.00. The molecule has 0 aliphatic rings. The molecule has 0 aliphatic heterocycles. The molecule has 0 amide bonds. The molecule has 0 aromatic rings. The summed E-state index contributed by atoms with van der Waals surface area (Å²) in [6, 6.07) is 0. The van der Waals surface area contributed by atoms with Gasteiger partial charge in [-0.1, -0.05) is 6.66 Å². The van der Waals surface area contributed by atoms with E-state index in [1.807, 2.05) is 6.66 Å². The predicted molar refractivity (Wildman–Crippen MR) is 22.8 cm³/mol. The molecule has 3 heteroatoms. The molecule has 0 N–H and O–H groups in total. The zero-order valence-corrected chi connectivity index (χ0v) is 4.29. The van der Waals surface area contributed by atoms with Gasteiger partial charge < -0.3 is 0 Å². The van der Waals surface area contributed by atoms with Gasteiger partial charge in [0, 0.05) is 17.1 Å². The van der Waals surface area contributed by atoms with E-state index >= 15 is 0 Å². The van der Waals surface area contributed by atoms with E-state index in [2.05, 4.69) is 9.24 Å². The summed E-state index contributed by atoms with van der Waals surface area (Å²) in [6.07, 6.45) is 0. The minimum atomic E-state index is 0. The van der Waals surface area contributed by atoms with Crippen molar-refractivity contribution in [3.8, 4) is 0 Å². The van der Waals surface area contributed by atoms with Crippen LogP contribution in [0.5, 0.6) is 0 Å². The summed E-state index contributed by atoms with van der Waals surface area (Å²) in [5, 5.41) is 0. The van der Waals surface area contributed by atoms with Crippen molar-refractivity contribution in [2.24, 2.45) is 0 Å². The Labute approximate surface area is 62.1 Å². The normalized spacial score (nSPS) is 1.50. The van der Waals surface area contributed by atoms with E-state index in [0.717, 1.165) is 0 Å². The Morgan fingerprint density at radius 3 is 1.25 bits per heavy atom. The van der Waals surface area contributed by atoms with Gasteiger partial charge in [-0.3, -0.25) is 0 Å². The summed E-state index contributed by atoms with van der Waals surface area (Å²) >= 11 is 0. The first-order chi connectivity index (χ1) is 1.00. The summed E-state index contributed by atoms with van der Waals surface area (Å²) in [6.45, 7) is 1.92. The maximum atomic E-state index is 2.42. The molecule has 0 spiro atoms. The molecule has 0 nitrogen and oxygen atoms in total. The van der Waals surface area contributed by atoms with E-state index in [1.165, 1.54) is 0 Å². The summed E-state index contributed by atoms with van der Waals surface area (Å²) in [5.41, 5.74) is 0. The van der Waals surface area contributed by atoms with Gasteiger partial charge in [0.15, 0.2) is 0 Å². The van der Waals surface area contributed by atoms with Gasteiger partial charge in [-0.15, -0.1) is 9.24 Å². The summed E-state index contributed by atoms with van der Waals surface area (Å²) < 4.78 is 0. The molecular formula is CH6MnNaP. The third kappa shape index (κ3) is 9.04. The molecule has 0 aliphatic carbocycles. The average molecular weight is 127 g/mol. The number of rotatable bonds is 0. The first kappa shape index (κ1) is 16.8. The number of hydrogen-bond acceptors (Lipinski definition) is 0. The quantitative estimate of drug-likeness (QED) is 0.313. The van der Waals surface area contributed by atoms with Gasteiger partial charge in [-0.2, -0.15) is 0 Å². The fourth-order valence-corrected chi connectivity index (χ4v) is 0. The molecule has 1 radical (unpaired) electrons. The van der Waals surface area contributed by atoms with Gasteiger partial charge in [0.2, 0.25) is 0 Å². The molecule has 1 unspecified atom stereocenters. The van der Waals surface area contributed by atoms with Crippen LogP contribution < -0.4 is 0 Å². The molecule has 0 aromatic carbocycles. The van der Waals surface area contributed by atoms with Crippen LogP contribution in [-0.4, -0.2) is 36.2 Å². The van der Waals surface area contributed by atoms with Crippen LogP contribution in [0.4, 0.5) is 0 Å². The van der Waals surface area contributed by atoms with Crippen molar-refractivity contribution >= 4 is 38.8 Å². The third-order valence-corrected chi connectivity index (χ3v) is 0. The standard InChI is InChI=1S/CH5P.Mn.Na.H/c1-2;;;/h2H2,1H3;;;. The third-order valence-electron chi connectivity index (χ3n) is 0. The van der Waals surface area contributed by atoms with Crippen molar-refractivity contribution in [2.75, 3.05) is 6.66 Å². The van der Waals surface area contributed by atoms with E-state index in [1.54, 1.807) is 0 Å². The molecular weight excluding hydrogens is 121 g/mol. The van der Waals surface area contributed by atoms with E-state index in [4.69, 9.17) is 0 Å². The van der Waals surface area contributed by atoms with Gasteiger partial charge in [0.25, 0.3) is 0 Å². The SMILES string of the molecule is CP.[Mn].[NaH]. The average Bonchev–Trinajstić information content (AvgIpc) is 1.00. The molecule has 0 saturated heterocycles. The Hall–Kier alpha value is 1.95. The summed E-state index contributed by atoms with van der Waals surface area (Å²) in [7, 11) is 2.42. The van der Waals surface area contributed by atoms with Crippen molar-refractivity contribution < 1.29 is 17.1 Å². The summed E-state index contributed by atoms with van der Waals surface area (Å²) in [5.74, 6) is 0. The van der Waals surface area contributed by atoms with E-state index in [9.17, 15) is 0 Å². The molecule has 0 bridgehead atoms. The second-order valence-corrected chi connectivity index (χ2v) is 0. The molecule has 0 rings (SSSR count). The van der Waals surface area contributed by atoms with Crippen LogP contribution in [0.1, 0.15) is 0 Å². The van der Waals surface area contributed by atoms with Crippen LogP contribution in [0.3, 0.4) is 0 Å². The predicted octanol–water partition coefficient (Wildman–Crippen LogP) is -0.160. The van der Waals surface area contributed by atoms with Crippen LogP contribution >= 0.6 is 9.24 Å². The van der Waals surface area contributed by atoms with Crippen molar-refractivity contribution in [3.63, 3.8) is 0 Å². The molecule has 0 saturated carbocycles. The fourth-order valence-electron chi connectivity index (χ4n) is 0. The van der Waals surface area contributed by atoms with Gasteiger partial charge in [0.1, 0.15) is 0 Å². The van der Waals surface area contributed by atoms with E-state index in [-0.39, 0.29) is 46.6 Å². The van der Waals surface area contributed by atoms with Gasteiger partial charge in [0.05, 0.1) is 0 Å². The van der Waals surface area contributed by atoms with Crippen molar-refractivity contribution in [1.29, 1.82) is 0 Å². The summed E-state index contributed by atoms with van der Waals surface area (Å²) in [4.78, 5) is 0. The monoisotopic (exact) mass is 127 g/mol. The number of hydrogen-bond donors (Lipinski definition) is 0. The molecule has 23 valence electrons. The Balaban J connectivity index is -0.00000000500. The van der Waals surface area contributed by atoms with Gasteiger partial charge in [-0.05, 0) is 0 Å². The second-order valence-electron chi connectivity index (χ2n) is 0. The first-order valence-electron chi connectivity index (χ1n) is 0.577. The van der Waals surface area contributed by atoms with Crippen molar-refractivity contribution in [1.82, 2.24) is 0 Å². The second kappa shape index (κ2) is 20.3. The van der Waals surface area contributed by atoms with E-state index < -0.39 is 0 Å². The molecule has 1 atom stereocenters. The zero-order valence-electron chi connectivity index (χ0n) is 1.96. The van der Waals surface area contributed by atoms with Gasteiger partial charge >= 0.3 is 29.6 Å². The van der Waals surface area contributed by atoms with Crippen LogP contribution in [0.15, 0.2) is 0 Å². The fraction of sp³-hybridized carbons (Fsp3) is 1.00. The van der Waals surface area contributed by atoms with Crippen molar-refractivity contribution in [3.05, 3.63) is 0 Å². The Kier molecular flexibility index (Phi) is 85.1. The van der Waals surface area contributed by atoms with Gasteiger partial charge in [-0.25, -0.2) is 0 Å². The van der Waals surface area contributed by atoms with Crippen LogP contribution in [-0.2, 0) is 17.1 Å². The molecule has 4 heavy (non-hydrogen) atoms. The van der Waals surface area contributed by atoms with E-state index in [0.29, 0.717) is 0 Å². The minimum absolute atomic E-state index is 0. The van der Waals surface area contributed by atoms with Crippen molar-refractivity contribution in [2.45, 2.75) is 0 Å². The van der Waals surface area contributed by atoms with Crippen LogP contribution in [0.25, 0.3) is 0 Å². The Morgan fingerprint density at radius 2 is 1.25 bits per heavy atom. The Morgan fingerprint density at radius 1 is 1.25 bits per heavy atom. The van der Waals surface area contributed by atoms with Crippen LogP contribution in [0.2, 0.25) is 0 Å². The molecule has 0 heterocycles. The maximum absolute atomic E-state index is 2.42. The first-order valence-corrected chi connectivity index (χ1v) is 1.73. The molecule has 0 aromatic heterocycles.